The average molecular weight is 367 g/mol. The SMILES string of the molecule is CCc1cc(=O)oc2c3c(ccc12)OCN(c1cc(OC)cc(OC)c1)C3. The summed E-state index contributed by atoms with van der Waals surface area (Å²) in [5, 5.41) is 0.949. The summed E-state index contributed by atoms with van der Waals surface area (Å²) < 4.78 is 22.2. The molecular formula is C21H21NO5. The Kier molecular flexibility index (Phi) is 4.39. The maximum Gasteiger partial charge on any atom is 0.336 e. The van der Waals surface area contributed by atoms with Crippen molar-refractivity contribution in [1.82, 2.24) is 0 Å². The van der Waals surface area contributed by atoms with E-state index in [0.29, 0.717) is 30.4 Å². The first-order valence-electron chi connectivity index (χ1n) is 8.82. The summed E-state index contributed by atoms with van der Waals surface area (Å²) in [4.78, 5) is 14.1. The topological polar surface area (TPSA) is 61.1 Å². The Morgan fingerprint density at radius 3 is 2.48 bits per heavy atom. The average Bonchev–Trinajstić information content (AvgIpc) is 2.72. The summed E-state index contributed by atoms with van der Waals surface area (Å²) in [5.41, 5.74) is 3.00. The van der Waals surface area contributed by atoms with E-state index in [1.807, 2.05) is 42.2 Å². The van der Waals surface area contributed by atoms with Crippen LogP contribution in [0.3, 0.4) is 0 Å². The number of anilines is 1. The van der Waals surface area contributed by atoms with E-state index in [-0.39, 0.29) is 5.63 Å². The summed E-state index contributed by atoms with van der Waals surface area (Å²) >= 11 is 0. The molecule has 0 fully saturated rings. The van der Waals surface area contributed by atoms with Gasteiger partial charge in [-0.1, -0.05) is 6.92 Å². The molecule has 6 nitrogen and oxygen atoms in total. The molecule has 1 aliphatic heterocycles. The first-order valence-corrected chi connectivity index (χ1v) is 8.82. The van der Waals surface area contributed by atoms with Gasteiger partial charge in [-0.2, -0.15) is 0 Å². The monoisotopic (exact) mass is 367 g/mol. The van der Waals surface area contributed by atoms with Crippen LogP contribution in [0.15, 0.2) is 45.6 Å². The van der Waals surface area contributed by atoms with Gasteiger partial charge in [0.15, 0.2) is 6.73 Å². The number of hydrogen-bond acceptors (Lipinski definition) is 6. The quantitative estimate of drug-likeness (QED) is 0.655. The molecule has 0 spiro atoms. The lowest BCUT2D eigenvalue weighted by Gasteiger charge is -2.31. The van der Waals surface area contributed by atoms with Crippen LogP contribution in [0.25, 0.3) is 11.0 Å². The summed E-state index contributed by atoms with van der Waals surface area (Å²) in [6.07, 6.45) is 0.762. The van der Waals surface area contributed by atoms with Crippen LogP contribution in [0.1, 0.15) is 18.1 Å². The van der Waals surface area contributed by atoms with Crippen molar-refractivity contribution >= 4 is 16.7 Å². The van der Waals surface area contributed by atoms with E-state index in [1.54, 1.807) is 20.3 Å². The molecule has 0 bridgehead atoms. The zero-order valence-corrected chi connectivity index (χ0v) is 15.6. The molecule has 2 aromatic carbocycles. The van der Waals surface area contributed by atoms with E-state index in [9.17, 15) is 4.79 Å². The predicted molar refractivity (Wildman–Crippen MR) is 103 cm³/mol. The van der Waals surface area contributed by atoms with E-state index < -0.39 is 0 Å². The van der Waals surface area contributed by atoms with E-state index in [1.165, 1.54) is 0 Å². The van der Waals surface area contributed by atoms with Gasteiger partial charge in [0.05, 0.1) is 26.3 Å². The lowest BCUT2D eigenvalue weighted by Crippen LogP contribution is -2.32. The molecule has 140 valence electrons. The van der Waals surface area contributed by atoms with Crippen molar-refractivity contribution < 1.29 is 18.6 Å². The lowest BCUT2D eigenvalue weighted by atomic mass is 10.0. The zero-order chi connectivity index (χ0) is 19.0. The first kappa shape index (κ1) is 17.3. The standard InChI is InChI=1S/C21H21NO5/c1-4-13-7-20(23)27-21-17(13)5-6-19-18(21)11-22(12-26-19)14-8-15(24-2)10-16(9-14)25-3/h5-10H,4,11-12H2,1-3H3. The smallest absolute Gasteiger partial charge is 0.336 e. The van der Waals surface area contributed by atoms with Crippen molar-refractivity contribution in [3.8, 4) is 17.2 Å². The van der Waals surface area contributed by atoms with Gasteiger partial charge in [-0.3, -0.25) is 0 Å². The third kappa shape index (κ3) is 3.07. The van der Waals surface area contributed by atoms with Gasteiger partial charge in [-0.25, -0.2) is 4.79 Å². The van der Waals surface area contributed by atoms with Crippen molar-refractivity contribution in [2.24, 2.45) is 0 Å². The molecule has 0 saturated heterocycles. The molecule has 6 heteroatoms. The number of fused-ring (bicyclic) bond motifs is 3. The highest BCUT2D eigenvalue weighted by molar-refractivity contribution is 5.85. The van der Waals surface area contributed by atoms with Gasteiger partial charge in [0.1, 0.15) is 22.8 Å². The van der Waals surface area contributed by atoms with Crippen LogP contribution in [0.4, 0.5) is 5.69 Å². The third-order valence-corrected chi connectivity index (χ3v) is 4.87. The highest BCUT2D eigenvalue weighted by Gasteiger charge is 2.23. The number of nitrogens with zero attached hydrogens (tertiary/aromatic N) is 1. The Labute approximate surface area is 156 Å². The van der Waals surface area contributed by atoms with Crippen LogP contribution in [-0.2, 0) is 13.0 Å². The fourth-order valence-electron chi connectivity index (χ4n) is 3.43. The molecular weight excluding hydrogens is 346 g/mol. The summed E-state index contributed by atoms with van der Waals surface area (Å²) in [5.74, 6) is 2.14. The highest BCUT2D eigenvalue weighted by atomic mass is 16.5. The number of methoxy groups -OCH3 is 2. The Bertz CT molecular complexity index is 1030. The van der Waals surface area contributed by atoms with E-state index in [2.05, 4.69) is 0 Å². The summed E-state index contributed by atoms with van der Waals surface area (Å²) in [7, 11) is 3.24. The maximum atomic E-state index is 12.0. The molecule has 0 unspecified atom stereocenters. The van der Waals surface area contributed by atoms with E-state index >= 15 is 0 Å². The Morgan fingerprint density at radius 1 is 1.07 bits per heavy atom. The van der Waals surface area contributed by atoms with E-state index in [0.717, 1.165) is 34.4 Å². The molecule has 0 aliphatic carbocycles. The second-order valence-electron chi connectivity index (χ2n) is 6.41. The van der Waals surface area contributed by atoms with E-state index in [4.69, 9.17) is 18.6 Å². The number of rotatable bonds is 4. The zero-order valence-electron chi connectivity index (χ0n) is 15.6. The first-order chi connectivity index (χ1) is 13.1. The molecule has 2 heterocycles. The number of aryl methyl sites for hydroxylation is 1. The molecule has 1 aromatic heterocycles. The largest absolute Gasteiger partial charge is 0.497 e. The Morgan fingerprint density at radius 2 is 1.81 bits per heavy atom. The molecule has 0 amide bonds. The van der Waals surface area contributed by atoms with Crippen LogP contribution >= 0.6 is 0 Å². The minimum Gasteiger partial charge on any atom is -0.497 e. The van der Waals surface area contributed by atoms with Gasteiger partial charge < -0.3 is 23.5 Å². The molecule has 27 heavy (non-hydrogen) atoms. The third-order valence-electron chi connectivity index (χ3n) is 4.87. The van der Waals surface area contributed by atoms with Crippen LogP contribution in [0.5, 0.6) is 17.2 Å². The molecule has 1 aliphatic rings. The van der Waals surface area contributed by atoms with Crippen LogP contribution in [-0.4, -0.2) is 21.0 Å². The fourth-order valence-corrected chi connectivity index (χ4v) is 3.43. The molecule has 0 N–H and O–H groups in total. The lowest BCUT2D eigenvalue weighted by molar-refractivity contribution is 0.288. The van der Waals surface area contributed by atoms with Crippen molar-refractivity contribution in [1.29, 1.82) is 0 Å². The van der Waals surface area contributed by atoms with Crippen LogP contribution < -0.4 is 24.7 Å². The van der Waals surface area contributed by atoms with Crippen molar-refractivity contribution in [2.45, 2.75) is 19.9 Å². The fraction of sp³-hybridized carbons (Fsp3) is 0.286. The molecule has 0 saturated carbocycles. The minimum absolute atomic E-state index is 0.340. The second kappa shape index (κ2) is 6.87. The molecule has 3 aromatic rings. The second-order valence-corrected chi connectivity index (χ2v) is 6.41. The molecule has 0 radical (unpaired) electrons. The van der Waals surface area contributed by atoms with Gasteiger partial charge in [-0.05, 0) is 24.1 Å². The highest BCUT2D eigenvalue weighted by Crippen LogP contribution is 2.36. The van der Waals surface area contributed by atoms with Crippen molar-refractivity contribution in [3.05, 3.63) is 57.9 Å². The minimum atomic E-state index is -0.340. The number of hydrogen-bond donors (Lipinski definition) is 0. The van der Waals surface area contributed by atoms with Gasteiger partial charge in [0, 0.05) is 35.3 Å². The number of ether oxygens (including phenoxy) is 3. The predicted octanol–water partition coefficient (Wildman–Crippen LogP) is 3.73. The maximum absolute atomic E-state index is 12.0. The Balaban J connectivity index is 1.81. The summed E-state index contributed by atoms with van der Waals surface area (Å²) in [6, 6.07) is 11.1. The number of benzene rings is 2. The summed E-state index contributed by atoms with van der Waals surface area (Å²) in [6.45, 7) is 2.96. The van der Waals surface area contributed by atoms with Gasteiger partial charge in [-0.15, -0.1) is 0 Å². The van der Waals surface area contributed by atoms with Crippen molar-refractivity contribution in [3.63, 3.8) is 0 Å². The van der Waals surface area contributed by atoms with Crippen LogP contribution in [0.2, 0.25) is 0 Å². The molecule has 0 atom stereocenters. The van der Waals surface area contributed by atoms with Gasteiger partial charge in [0.2, 0.25) is 0 Å². The van der Waals surface area contributed by atoms with Crippen molar-refractivity contribution in [2.75, 3.05) is 25.9 Å². The molecule has 4 rings (SSSR count). The van der Waals surface area contributed by atoms with Gasteiger partial charge >= 0.3 is 5.63 Å². The normalized spacial score (nSPS) is 13.2. The van der Waals surface area contributed by atoms with Crippen LogP contribution in [0, 0.1) is 0 Å². The van der Waals surface area contributed by atoms with Gasteiger partial charge in [0.25, 0.3) is 0 Å². The Hall–Kier alpha value is -3.15.